The summed E-state index contributed by atoms with van der Waals surface area (Å²) in [6, 6.07) is 63.9. The summed E-state index contributed by atoms with van der Waals surface area (Å²) in [5, 5.41) is 4.61. The topological polar surface area (TPSA) is 42.4 Å². The molecule has 3 heterocycles. The Morgan fingerprint density at radius 1 is 0.444 bits per heavy atom. The second-order valence-corrected chi connectivity index (χ2v) is 14.5. The Morgan fingerprint density at radius 3 is 1.91 bits per heavy atom. The molecule has 0 aliphatic rings. The van der Waals surface area contributed by atoms with E-state index in [9.17, 15) is 0 Å². The third-order valence-electron chi connectivity index (χ3n) is 10.3. The second kappa shape index (κ2) is 12.3. The Hall–Kier alpha value is -6.95. The number of hydrogen-bond acceptors (Lipinski definition) is 5. The summed E-state index contributed by atoms with van der Waals surface area (Å²) in [7, 11) is 0. The number of thiophene rings is 1. The molecule has 54 heavy (non-hydrogen) atoms. The smallest absolute Gasteiger partial charge is 0.228 e. The van der Waals surface area contributed by atoms with E-state index < -0.39 is 0 Å². The van der Waals surface area contributed by atoms with Gasteiger partial charge in [0.15, 0.2) is 5.58 Å². The van der Waals surface area contributed by atoms with Crippen LogP contribution >= 0.6 is 11.3 Å². The Kier molecular flexibility index (Phi) is 7.00. The summed E-state index contributed by atoms with van der Waals surface area (Å²) in [6.45, 7) is 0. The van der Waals surface area contributed by atoms with Crippen LogP contribution in [-0.2, 0) is 0 Å². The number of oxazole rings is 1. The number of nitrogens with zero attached hydrogens (tertiary/aromatic N) is 2. The predicted octanol–water partition coefficient (Wildman–Crippen LogP) is 14.6. The van der Waals surface area contributed by atoms with Crippen molar-refractivity contribution in [2.24, 2.45) is 0 Å². The van der Waals surface area contributed by atoms with E-state index in [4.69, 9.17) is 13.8 Å². The number of fused-ring (bicyclic) bond motifs is 7. The highest BCUT2D eigenvalue weighted by molar-refractivity contribution is 7.26. The van der Waals surface area contributed by atoms with Crippen LogP contribution in [0.4, 0.5) is 17.1 Å². The summed E-state index contributed by atoms with van der Waals surface area (Å²) in [4.78, 5) is 7.37. The van der Waals surface area contributed by atoms with Gasteiger partial charge in [-0.1, -0.05) is 121 Å². The van der Waals surface area contributed by atoms with E-state index in [-0.39, 0.29) is 0 Å². The first-order valence-electron chi connectivity index (χ1n) is 18.0. The fourth-order valence-corrected chi connectivity index (χ4v) is 9.01. The lowest BCUT2D eigenvalue weighted by molar-refractivity contribution is 0.621. The van der Waals surface area contributed by atoms with Gasteiger partial charge in [-0.25, -0.2) is 4.98 Å². The number of rotatable bonds is 6. The molecule has 0 saturated heterocycles. The van der Waals surface area contributed by atoms with Crippen LogP contribution < -0.4 is 4.90 Å². The van der Waals surface area contributed by atoms with E-state index in [1.165, 1.54) is 31.3 Å². The van der Waals surface area contributed by atoms with Gasteiger partial charge in [0.2, 0.25) is 5.89 Å². The molecule has 3 aromatic heterocycles. The quantitative estimate of drug-likeness (QED) is 0.172. The summed E-state index contributed by atoms with van der Waals surface area (Å²) in [6.07, 6.45) is 0. The molecule has 0 fully saturated rings. The molecule has 0 N–H and O–H groups in total. The number of benzene rings is 8. The van der Waals surface area contributed by atoms with Crippen LogP contribution in [0, 0.1) is 0 Å². The summed E-state index contributed by atoms with van der Waals surface area (Å²) >= 11 is 1.84. The van der Waals surface area contributed by atoms with Crippen molar-refractivity contribution in [3.05, 3.63) is 182 Å². The van der Waals surface area contributed by atoms with Gasteiger partial charge in [-0.2, -0.15) is 0 Å². The van der Waals surface area contributed by atoms with Gasteiger partial charge in [-0.05, 0) is 77.4 Å². The van der Waals surface area contributed by atoms with Crippen molar-refractivity contribution in [1.82, 2.24) is 4.98 Å². The minimum absolute atomic E-state index is 0.577. The molecular weight excluding hydrogens is 681 g/mol. The molecule has 0 aliphatic heterocycles. The van der Waals surface area contributed by atoms with E-state index in [2.05, 4.69) is 150 Å². The maximum atomic E-state index is 6.65. The van der Waals surface area contributed by atoms with Crippen LogP contribution in [0.15, 0.2) is 191 Å². The van der Waals surface area contributed by atoms with Gasteiger partial charge in [-0.15, -0.1) is 11.3 Å². The van der Waals surface area contributed by atoms with E-state index in [1.807, 2.05) is 47.7 Å². The largest absolute Gasteiger partial charge is 0.456 e. The number of para-hydroxylation sites is 2. The number of hydrogen-bond donors (Lipinski definition) is 0. The summed E-state index contributed by atoms with van der Waals surface area (Å²) in [5.41, 5.74) is 11.9. The molecule has 254 valence electrons. The highest BCUT2D eigenvalue weighted by Gasteiger charge is 2.21. The summed E-state index contributed by atoms with van der Waals surface area (Å²) < 4.78 is 15.4. The molecule has 0 radical (unpaired) electrons. The zero-order valence-electron chi connectivity index (χ0n) is 28.9. The molecule has 4 nitrogen and oxygen atoms in total. The van der Waals surface area contributed by atoms with Crippen molar-refractivity contribution >= 4 is 81.6 Å². The Labute approximate surface area is 314 Å². The fraction of sp³-hybridized carbons (Fsp3) is 0. The lowest BCUT2D eigenvalue weighted by Gasteiger charge is -2.26. The molecule has 0 bridgehead atoms. The molecule has 0 spiro atoms. The number of furan rings is 1. The molecule has 0 unspecified atom stereocenters. The Balaban J connectivity index is 1.03. The van der Waals surface area contributed by atoms with Gasteiger partial charge < -0.3 is 13.7 Å². The normalized spacial score (nSPS) is 11.7. The molecule has 0 amide bonds. The minimum Gasteiger partial charge on any atom is -0.456 e. The second-order valence-electron chi connectivity index (χ2n) is 13.5. The third-order valence-corrected chi connectivity index (χ3v) is 11.6. The number of anilines is 3. The van der Waals surface area contributed by atoms with Crippen molar-refractivity contribution in [3.63, 3.8) is 0 Å². The van der Waals surface area contributed by atoms with Crippen molar-refractivity contribution < 1.29 is 8.83 Å². The zero-order chi connectivity index (χ0) is 35.6. The highest BCUT2D eigenvalue weighted by atomic mass is 32.1. The Bertz CT molecular complexity index is 3160. The average molecular weight is 711 g/mol. The molecule has 11 rings (SSSR count). The van der Waals surface area contributed by atoms with E-state index in [0.29, 0.717) is 5.89 Å². The molecule has 0 saturated carbocycles. The maximum Gasteiger partial charge on any atom is 0.228 e. The third kappa shape index (κ3) is 4.94. The molecule has 8 aromatic carbocycles. The van der Waals surface area contributed by atoms with Gasteiger partial charge in [0.25, 0.3) is 0 Å². The summed E-state index contributed by atoms with van der Waals surface area (Å²) in [5.74, 6) is 0.577. The van der Waals surface area contributed by atoms with Crippen molar-refractivity contribution in [2.75, 3.05) is 4.90 Å². The van der Waals surface area contributed by atoms with E-state index in [0.717, 1.165) is 66.8 Å². The van der Waals surface area contributed by atoms with E-state index >= 15 is 0 Å². The van der Waals surface area contributed by atoms with Gasteiger partial charge in [0.05, 0.1) is 10.4 Å². The van der Waals surface area contributed by atoms with Crippen molar-refractivity contribution in [1.29, 1.82) is 0 Å². The monoisotopic (exact) mass is 710 g/mol. The standard InChI is InChI=1S/C49H30N2O2S/c1-2-11-31(12-3-1)32-23-27-34(28-24-32)51(42-19-9-16-38-37-13-5-7-22-45(37)54-48(38)42)35-29-25-33(26-30-35)36-15-8-18-41-47(36)53-49(50-41)40-17-10-21-44-46(40)39-14-4-6-20-43(39)52-44/h1-30H. The van der Waals surface area contributed by atoms with Crippen LogP contribution in [-0.4, -0.2) is 4.98 Å². The predicted molar refractivity (Wildman–Crippen MR) is 225 cm³/mol. The Morgan fingerprint density at radius 2 is 1.07 bits per heavy atom. The maximum absolute atomic E-state index is 6.65. The first kappa shape index (κ1) is 30.7. The van der Waals surface area contributed by atoms with Gasteiger partial charge >= 0.3 is 0 Å². The average Bonchev–Trinajstić information content (AvgIpc) is 3.96. The van der Waals surface area contributed by atoms with Crippen LogP contribution in [0.3, 0.4) is 0 Å². The lowest BCUT2D eigenvalue weighted by Crippen LogP contribution is -2.10. The SMILES string of the molecule is c1ccc(-c2ccc(N(c3ccc(-c4cccc5nc(-c6cccc7oc8ccccc8c67)oc45)cc3)c3cccc4c3sc3ccccc34)cc2)cc1. The first-order valence-corrected chi connectivity index (χ1v) is 18.8. The van der Waals surface area contributed by atoms with Gasteiger partial charge in [0.1, 0.15) is 16.7 Å². The molecule has 5 heteroatoms. The van der Waals surface area contributed by atoms with Crippen LogP contribution in [0.1, 0.15) is 0 Å². The van der Waals surface area contributed by atoms with Crippen LogP contribution in [0.2, 0.25) is 0 Å². The fourth-order valence-electron chi connectivity index (χ4n) is 7.80. The van der Waals surface area contributed by atoms with Crippen LogP contribution in [0.25, 0.3) is 86.9 Å². The lowest BCUT2D eigenvalue weighted by atomic mass is 10.0. The number of aromatic nitrogens is 1. The first-order chi connectivity index (χ1) is 26.8. The van der Waals surface area contributed by atoms with E-state index in [1.54, 1.807) is 0 Å². The molecule has 11 aromatic rings. The molecular formula is C49H30N2O2S. The molecule has 0 atom stereocenters. The highest BCUT2D eigenvalue weighted by Crippen LogP contribution is 2.46. The van der Waals surface area contributed by atoms with Gasteiger partial charge in [0, 0.05) is 48.7 Å². The minimum atomic E-state index is 0.577. The molecule has 0 aliphatic carbocycles. The van der Waals surface area contributed by atoms with Gasteiger partial charge in [-0.3, -0.25) is 0 Å². The van der Waals surface area contributed by atoms with Crippen molar-refractivity contribution in [2.45, 2.75) is 0 Å². The van der Waals surface area contributed by atoms with Crippen LogP contribution in [0.5, 0.6) is 0 Å². The van der Waals surface area contributed by atoms with Crippen molar-refractivity contribution in [3.8, 4) is 33.7 Å². The zero-order valence-corrected chi connectivity index (χ0v) is 29.8.